The fourth-order valence-corrected chi connectivity index (χ4v) is 1.38. The molecule has 0 saturated heterocycles. The van der Waals surface area contributed by atoms with E-state index in [1.807, 2.05) is 0 Å². The Labute approximate surface area is 106 Å². The van der Waals surface area contributed by atoms with E-state index in [0.29, 0.717) is 19.4 Å². The topological polar surface area (TPSA) is 84.2 Å². The van der Waals surface area contributed by atoms with Crippen molar-refractivity contribution < 1.29 is 14.7 Å². The van der Waals surface area contributed by atoms with Gasteiger partial charge in [0.25, 0.3) is 0 Å². The lowest BCUT2D eigenvalue weighted by molar-refractivity contribution is -0.148. The van der Waals surface area contributed by atoms with Gasteiger partial charge in [-0.1, -0.05) is 6.92 Å². The summed E-state index contributed by atoms with van der Waals surface area (Å²) in [6.07, 6.45) is 4.19. The molecule has 0 aliphatic carbocycles. The first-order chi connectivity index (χ1) is 8.48. The van der Waals surface area contributed by atoms with Crippen LogP contribution in [-0.4, -0.2) is 33.3 Å². The Morgan fingerprint density at radius 3 is 2.72 bits per heavy atom. The van der Waals surface area contributed by atoms with E-state index in [1.165, 1.54) is 0 Å². The second-order valence-electron chi connectivity index (χ2n) is 4.52. The Bertz CT molecular complexity index is 403. The predicted molar refractivity (Wildman–Crippen MR) is 65.9 cm³/mol. The number of carbonyl (C=O) groups excluding carboxylic acids is 1. The van der Waals surface area contributed by atoms with Gasteiger partial charge in [0.1, 0.15) is 0 Å². The molecule has 100 valence electrons. The molecule has 0 aromatic carbocycles. The molecule has 1 aromatic rings. The highest BCUT2D eigenvalue weighted by Gasteiger charge is 2.31. The van der Waals surface area contributed by atoms with E-state index in [4.69, 9.17) is 5.11 Å². The lowest BCUT2D eigenvalue weighted by atomic mass is 9.88. The number of aryl methyl sites for hydroxylation is 1. The van der Waals surface area contributed by atoms with E-state index < -0.39 is 11.4 Å². The SMILES string of the molecule is CCC(C)(CNC(=O)CCn1cccn1)C(=O)O. The zero-order valence-electron chi connectivity index (χ0n) is 10.7. The minimum absolute atomic E-state index is 0.150. The summed E-state index contributed by atoms with van der Waals surface area (Å²) in [6.45, 7) is 4.07. The van der Waals surface area contributed by atoms with Gasteiger partial charge in [0.2, 0.25) is 5.91 Å². The summed E-state index contributed by atoms with van der Waals surface area (Å²) in [6, 6.07) is 1.79. The Morgan fingerprint density at radius 1 is 1.50 bits per heavy atom. The van der Waals surface area contributed by atoms with Gasteiger partial charge in [-0.25, -0.2) is 0 Å². The zero-order valence-corrected chi connectivity index (χ0v) is 10.7. The Morgan fingerprint density at radius 2 is 2.22 bits per heavy atom. The molecular weight excluding hydrogens is 234 g/mol. The highest BCUT2D eigenvalue weighted by Crippen LogP contribution is 2.19. The second-order valence-corrected chi connectivity index (χ2v) is 4.52. The first kappa shape index (κ1) is 14.2. The van der Waals surface area contributed by atoms with Crippen molar-refractivity contribution in [1.29, 1.82) is 0 Å². The third-order valence-corrected chi connectivity index (χ3v) is 3.10. The molecule has 0 saturated carbocycles. The number of carboxylic acid groups (broad SMARTS) is 1. The maximum atomic E-state index is 11.6. The van der Waals surface area contributed by atoms with Gasteiger partial charge in [-0.15, -0.1) is 0 Å². The second kappa shape index (κ2) is 6.18. The molecule has 1 heterocycles. The van der Waals surface area contributed by atoms with Crippen LogP contribution in [0.1, 0.15) is 26.7 Å². The monoisotopic (exact) mass is 253 g/mol. The summed E-state index contributed by atoms with van der Waals surface area (Å²) >= 11 is 0. The number of amides is 1. The fraction of sp³-hybridized carbons (Fsp3) is 0.583. The number of nitrogens with one attached hydrogen (secondary N) is 1. The molecule has 0 fully saturated rings. The molecule has 0 aliphatic heterocycles. The number of carboxylic acids is 1. The van der Waals surface area contributed by atoms with Crippen molar-refractivity contribution in [2.75, 3.05) is 6.54 Å². The Kier molecular flexibility index (Phi) is 4.88. The van der Waals surface area contributed by atoms with Crippen LogP contribution in [0, 0.1) is 5.41 Å². The highest BCUT2D eigenvalue weighted by atomic mass is 16.4. The largest absolute Gasteiger partial charge is 0.481 e. The van der Waals surface area contributed by atoms with Gasteiger partial charge >= 0.3 is 5.97 Å². The van der Waals surface area contributed by atoms with Crippen LogP contribution in [0.3, 0.4) is 0 Å². The molecule has 1 unspecified atom stereocenters. The third-order valence-electron chi connectivity index (χ3n) is 3.10. The van der Waals surface area contributed by atoms with Crippen LogP contribution in [0.25, 0.3) is 0 Å². The van der Waals surface area contributed by atoms with E-state index >= 15 is 0 Å². The average molecular weight is 253 g/mol. The highest BCUT2D eigenvalue weighted by molar-refractivity contribution is 5.78. The number of aromatic nitrogens is 2. The third kappa shape index (κ3) is 3.87. The average Bonchev–Trinajstić information content (AvgIpc) is 2.86. The van der Waals surface area contributed by atoms with Gasteiger partial charge in [0.15, 0.2) is 0 Å². The normalized spacial score (nSPS) is 13.9. The van der Waals surface area contributed by atoms with Crippen LogP contribution in [0.2, 0.25) is 0 Å². The number of aliphatic carboxylic acids is 1. The summed E-state index contributed by atoms with van der Waals surface area (Å²) in [5, 5.41) is 15.7. The minimum atomic E-state index is -0.901. The first-order valence-electron chi connectivity index (χ1n) is 5.95. The Hall–Kier alpha value is -1.85. The van der Waals surface area contributed by atoms with E-state index in [2.05, 4.69) is 10.4 Å². The maximum absolute atomic E-state index is 11.6. The van der Waals surface area contributed by atoms with Crippen molar-refractivity contribution in [3.8, 4) is 0 Å². The summed E-state index contributed by atoms with van der Waals surface area (Å²) < 4.78 is 1.66. The maximum Gasteiger partial charge on any atom is 0.311 e. The van der Waals surface area contributed by atoms with Crippen molar-refractivity contribution in [3.05, 3.63) is 18.5 Å². The molecule has 0 spiro atoms. The number of hydrogen-bond donors (Lipinski definition) is 2. The number of carbonyl (C=O) groups is 2. The Balaban J connectivity index is 2.34. The predicted octanol–water partition coefficient (Wildman–Crippen LogP) is 0.890. The van der Waals surface area contributed by atoms with E-state index in [1.54, 1.807) is 37.0 Å². The fourth-order valence-electron chi connectivity index (χ4n) is 1.38. The van der Waals surface area contributed by atoms with Gasteiger partial charge in [-0.3, -0.25) is 14.3 Å². The summed E-state index contributed by atoms with van der Waals surface area (Å²) in [5.41, 5.74) is -0.901. The van der Waals surface area contributed by atoms with E-state index in [9.17, 15) is 9.59 Å². The lowest BCUT2D eigenvalue weighted by Gasteiger charge is -2.23. The molecule has 18 heavy (non-hydrogen) atoms. The van der Waals surface area contributed by atoms with E-state index in [0.717, 1.165) is 0 Å². The van der Waals surface area contributed by atoms with Crippen molar-refractivity contribution in [2.45, 2.75) is 33.2 Å². The van der Waals surface area contributed by atoms with Crippen LogP contribution in [0.15, 0.2) is 18.5 Å². The number of rotatable bonds is 7. The van der Waals surface area contributed by atoms with Gasteiger partial charge < -0.3 is 10.4 Å². The standard InChI is InChI=1S/C12H19N3O3/c1-3-12(2,11(17)18)9-13-10(16)5-8-15-7-4-6-14-15/h4,6-7H,3,5,8-9H2,1-2H3,(H,13,16)(H,17,18). The molecule has 0 radical (unpaired) electrons. The van der Waals surface area contributed by atoms with Crippen LogP contribution in [0.4, 0.5) is 0 Å². The lowest BCUT2D eigenvalue weighted by Crippen LogP contribution is -2.40. The molecule has 2 N–H and O–H groups in total. The van der Waals surface area contributed by atoms with Crippen LogP contribution < -0.4 is 5.32 Å². The van der Waals surface area contributed by atoms with Crippen molar-refractivity contribution in [3.63, 3.8) is 0 Å². The van der Waals surface area contributed by atoms with Gasteiger partial charge in [0, 0.05) is 31.9 Å². The van der Waals surface area contributed by atoms with Crippen LogP contribution >= 0.6 is 0 Å². The first-order valence-corrected chi connectivity index (χ1v) is 5.95. The number of hydrogen-bond acceptors (Lipinski definition) is 3. The number of nitrogens with zero attached hydrogens (tertiary/aromatic N) is 2. The van der Waals surface area contributed by atoms with Crippen LogP contribution in [0.5, 0.6) is 0 Å². The van der Waals surface area contributed by atoms with Crippen molar-refractivity contribution >= 4 is 11.9 Å². The molecule has 0 bridgehead atoms. The quantitative estimate of drug-likeness (QED) is 0.755. The molecule has 0 aliphatic rings. The molecule has 1 atom stereocenters. The van der Waals surface area contributed by atoms with Crippen LogP contribution in [-0.2, 0) is 16.1 Å². The van der Waals surface area contributed by atoms with Gasteiger partial charge in [-0.05, 0) is 19.4 Å². The smallest absolute Gasteiger partial charge is 0.311 e. The van der Waals surface area contributed by atoms with E-state index in [-0.39, 0.29) is 12.5 Å². The molecule has 1 rings (SSSR count). The molecular formula is C12H19N3O3. The van der Waals surface area contributed by atoms with Gasteiger partial charge in [0.05, 0.1) is 5.41 Å². The molecule has 6 nitrogen and oxygen atoms in total. The summed E-state index contributed by atoms with van der Waals surface area (Å²) in [7, 11) is 0. The van der Waals surface area contributed by atoms with Gasteiger partial charge in [-0.2, -0.15) is 5.10 Å². The van der Waals surface area contributed by atoms with Crippen molar-refractivity contribution in [2.24, 2.45) is 5.41 Å². The minimum Gasteiger partial charge on any atom is -0.481 e. The molecule has 1 amide bonds. The molecule has 6 heteroatoms. The summed E-state index contributed by atoms with van der Waals surface area (Å²) in [4.78, 5) is 22.6. The molecule has 1 aromatic heterocycles. The zero-order chi connectivity index (χ0) is 13.6. The van der Waals surface area contributed by atoms with Crippen molar-refractivity contribution in [1.82, 2.24) is 15.1 Å². The summed E-state index contributed by atoms with van der Waals surface area (Å²) in [5.74, 6) is -1.05.